The topological polar surface area (TPSA) is 32.3 Å². The third-order valence-electron chi connectivity index (χ3n) is 5.71. The smallest absolute Gasteiger partial charge is 0.120 e. The molecule has 3 heteroatoms. The molecular weight excluding hydrogens is 366 g/mol. The van der Waals surface area contributed by atoms with Gasteiger partial charge in [-0.15, -0.1) is 0 Å². The van der Waals surface area contributed by atoms with Gasteiger partial charge in [0.1, 0.15) is 5.75 Å². The molecule has 4 aromatic rings. The zero-order chi connectivity index (χ0) is 19.1. The monoisotopic (exact) mass is 385 g/mol. The van der Waals surface area contributed by atoms with Crippen molar-refractivity contribution >= 4 is 28.1 Å². The molecule has 1 heterocycles. The molecule has 2 N–H and O–H groups in total. The Morgan fingerprint density at radius 3 is 2.43 bits per heavy atom. The number of para-hydroxylation sites is 1. The Labute approximate surface area is 169 Å². The van der Waals surface area contributed by atoms with Crippen LogP contribution in [0.25, 0.3) is 10.8 Å². The Bertz CT molecular complexity index is 1150. The molecule has 0 saturated carbocycles. The van der Waals surface area contributed by atoms with Crippen LogP contribution in [0.5, 0.6) is 5.75 Å². The minimum absolute atomic E-state index is 0.101. The summed E-state index contributed by atoms with van der Waals surface area (Å²) in [6.45, 7) is 0. The van der Waals surface area contributed by atoms with Crippen molar-refractivity contribution in [3.05, 3.63) is 107 Å². The number of halogens is 1. The number of fused-ring (bicyclic) bond motifs is 2. The van der Waals surface area contributed by atoms with Crippen LogP contribution < -0.4 is 5.32 Å². The normalized spacial score (nSPS) is 18.5. The number of aromatic hydroxyl groups is 1. The average Bonchev–Trinajstić information content (AvgIpc) is 2.73. The van der Waals surface area contributed by atoms with Gasteiger partial charge < -0.3 is 10.4 Å². The Morgan fingerprint density at radius 2 is 1.57 bits per heavy atom. The van der Waals surface area contributed by atoms with Gasteiger partial charge in [0.2, 0.25) is 0 Å². The van der Waals surface area contributed by atoms with E-state index in [1.807, 2.05) is 36.4 Å². The number of phenols is 1. The molecule has 1 aliphatic heterocycles. The minimum Gasteiger partial charge on any atom is -0.508 e. The second kappa shape index (κ2) is 6.88. The van der Waals surface area contributed by atoms with Crippen molar-refractivity contribution in [3.8, 4) is 5.75 Å². The van der Waals surface area contributed by atoms with Crippen LogP contribution in [-0.4, -0.2) is 5.11 Å². The van der Waals surface area contributed by atoms with E-state index in [-0.39, 0.29) is 12.0 Å². The molecule has 28 heavy (non-hydrogen) atoms. The van der Waals surface area contributed by atoms with Gasteiger partial charge in [-0.1, -0.05) is 72.3 Å². The zero-order valence-electron chi connectivity index (χ0n) is 15.3. The van der Waals surface area contributed by atoms with Crippen LogP contribution in [0, 0.1) is 0 Å². The summed E-state index contributed by atoms with van der Waals surface area (Å²) in [5, 5.41) is 17.5. The Hall–Kier alpha value is -2.97. The Kier molecular flexibility index (Phi) is 4.22. The number of phenolic OH excluding ortho intramolecular Hbond substituents is 1. The van der Waals surface area contributed by atoms with Crippen molar-refractivity contribution in [2.24, 2.45) is 0 Å². The molecule has 0 fully saturated rings. The number of hydrogen-bond acceptors (Lipinski definition) is 2. The largest absolute Gasteiger partial charge is 0.508 e. The highest BCUT2D eigenvalue weighted by Gasteiger charge is 2.31. The summed E-state index contributed by atoms with van der Waals surface area (Å²) in [6.07, 6.45) is 0.861. The summed E-state index contributed by atoms with van der Waals surface area (Å²) in [5.74, 6) is 0.458. The van der Waals surface area contributed by atoms with Crippen LogP contribution in [0.1, 0.15) is 35.1 Å². The first-order valence-corrected chi connectivity index (χ1v) is 9.90. The fraction of sp³-hybridized carbons (Fsp3) is 0.120. The molecule has 0 bridgehead atoms. The second-order valence-electron chi connectivity index (χ2n) is 7.34. The molecular formula is C25H20ClNO. The number of benzene rings is 4. The maximum Gasteiger partial charge on any atom is 0.120 e. The first-order chi connectivity index (χ1) is 13.7. The van der Waals surface area contributed by atoms with Gasteiger partial charge in [-0.2, -0.15) is 0 Å². The van der Waals surface area contributed by atoms with Gasteiger partial charge in [0.15, 0.2) is 0 Å². The summed E-state index contributed by atoms with van der Waals surface area (Å²) in [7, 11) is 0. The predicted octanol–water partition coefficient (Wildman–Crippen LogP) is 6.89. The highest BCUT2D eigenvalue weighted by atomic mass is 35.5. The fourth-order valence-electron chi connectivity index (χ4n) is 4.38. The molecule has 0 spiro atoms. The van der Waals surface area contributed by atoms with Gasteiger partial charge in [0.05, 0.1) is 6.04 Å². The number of rotatable bonds is 2. The van der Waals surface area contributed by atoms with Crippen LogP contribution in [0.2, 0.25) is 5.02 Å². The molecule has 0 aromatic heterocycles. The lowest BCUT2D eigenvalue weighted by molar-refractivity contribution is 0.461. The molecule has 2 atom stereocenters. The quantitative estimate of drug-likeness (QED) is 0.394. The van der Waals surface area contributed by atoms with E-state index in [4.69, 9.17) is 11.6 Å². The molecule has 0 amide bonds. The minimum atomic E-state index is 0.101. The molecule has 0 radical (unpaired) electrons. The van der Waals surface area contributed by atoms with E-state index in [0.29, 0.717) is 5.75 Å². The molecule has 138 valence electrons. The van der Waals surface area contributed by atoms with E-state index in [2.05, 4.69) is 53.8 Å². The van der Waals surface area contributed by atoms with Crippen LogP contribution >= 0.6 is 11.6 Å². The van der Waals surface area contributed by atoms with E-state index in [9.17, 15) is 5.11 Å². The van der Waals surface area contributed by atoms with Gasteiger partial charge in [-0.3, -0.25) is 0 Å². The Balaban J connectivity index is 1.68. The first kappa shape index (κ1) is 17.2. The third kappa shape index (κ3) is 2.90. The lowest BCUT2D eigenvalue weighted by Crippen LogP contribution is -2.22. The highest BCUT2D eigenvalue weighted by molar-refractivity contribution is 6.30. The van der Waals surface area contributed by atoms with Crippen molar-refractivity contribution in [2.75, 3.05) is 5.32 Å². The molecule has 0 unspecified atom stereocenters. The van der Waals surface area contributed by atoms with E-state index in [0.717, 1.165) is 33.5 Å². The third-order valence-corrected chi connectivity index (χ3v) is 5.96. The maximum atomic E-state index is 10.8. The Morgan fingerprint density at radius 1 is 0.821 bits per heavy atom. The van der Waals surface area contributed by atoms with Gasteiger partial charge in [0, 0.05) is 22.2 Å². The van der Waals surface area contributed by atoms with Gasteiger partial charge in [-0.05, 0) is 52.6 Å². The fourth-order valence-corrected chi connectivity index (χ4v) is 4.51. The van der Waals surface area contributed by atoms with Crippen molar-refractivity contribution < 1.29 is 5.11 Å². The molecule has 4 aromatic carbocycles. The highest BCUT2D eigenvalue weighted by Crippen LogP contribution is 2.47. The van der Waals surface area contributed by atoms with Gasteiger partial charge >= 0.3 is 0 Å². The van der Waals surface area contributed by atoms with E-state index in [1.165, 1.54) is 11.1 Å². The SMILES string of the molecule is Oc1ccc2ccccc2c1[C@H]1C[C@H](c2ccc(Cl)cc2)Nc2ccccc21. The maximum absolute atomic E-state index is 10.8. The molecule has 5 rings (SSSR count). The average molecular weight is 386 g/mol. The lowest BCUT2D eigenvalue weighted by atomic mass is 9.78. The first-order valence-electron chi connectivity index (χ1n) is 9.52. The summed E-state index contributed by atoms with van der Waals surface area (Å²) < 4.78 is 0. The summed E-state index contributed by atoms with van der Waals surface area (Å²) >= 11 is 6.09. The van der Waals surface area contributed by atoms with Gasteiger partial charge in [0.25, 0.3) is 0 Å². The van der Waals surface area contributed by atoms with Crippen molar-refractivity contribution in [1.29, 1.82) is 0 Å². The lowest BCUT2D eigenvalue weighted by Gasteiger charge is -2.34. The molecule has 0 aliphatic carbocycles. The van der Waals surface area contributed by atoms with Crippen LogP contribution in [0.15, 0.2) is 84.9 Å². The number of anilines is 1. The van der Waals surface area contributed by atoms with Gasteiger partial charge in [-0.25, -0.2) is 0 Å². The molecule has 2 nitrogen and oxygen atoms in total. The number of nitrogens with one attached hydrogen (secondary N) is 1. The van der Waals surface area contributed by atoms with E-state index in [1.54, 1.807) is 0 Å². The van der Waals surface area contributed by atoms with Crippen LogP contribution in [0.4, 0.5) is 5.69 Å². The predicted molar refractivity (Wildman–Crippen MR) is 116 cm³/mol. The zero-order valence-corrected chi connectivity index (χ0v) is 16.0. The van der Waals surface area contributed by atoms with E-state index < -0.39 is 0 Å². The van der Waals surface area contributed by atoms with Crippen molar-refractivity contribution in [3.63, 3.8) is 0 Å². The molecule has 0 saturated heterocycles. The second-order valence-corrected chi connectivity index (χ2v) is 7.78. The summed E-state index contributed by atoms with van der Waals surface area (Å²) in [5.41, 5.74) is 4.54. The standard InChI is InChI=1S/C25H20ClNO/c26-18-12-9-17(10-13-18)23-15-21(20-7-3-4-8-22(20)27-23)25-19-6-2-1-5-16(19)11-14-24(25)28/h1-14,21,23,27-28H,15H2/t21-,23+/m0/s1. The summed E-state index contributed by atoms with van der Waals surface area (Å²) in [6, 6.07) is 28.6. The number of hydrogen-bond donors (Lipinski definition) is 2. The molecule has 1 aliphatic rings. The van der Waals surface area contributed by atoms with Crippen molar-refractivity contribution in [2.45, 2.75) is 18.4 Å². The summed E-state index contributed by atoms with van der Waals surface area (Å²) in [4.78, 5) is 0. The van der Waals surface area contributed by atoms with Crippen LogP contribution in [-0.2, 0) is 0 Å². The van der Waals surface area contributed by atoms with Crippen LogP contribution in [0.3, 0.4) is 0 Å². The van der Waals surface area contributed by atoms with Crippen molar-refractivity contribution in [1.82, 2.24) is 0 Å². The van der Waals surface area contributed by atoms with E-state index >= 15 is 0 Å².